The highest BCUT2D eigenvalue weighted by molar-refractivity contribution is 5.93. The Morgan fingerprint density at radius 3 is 2.53 bits per heavy atom. The second-order valence-corrected chi connectivity index (χ2v) is 7.73. The van der Waals surface area contributed by atoms with Gasteiger partial charge in [-0.1, -0.05) is 47.6 Å². The number of carbonyl (C=O) groups excluding carboxylic acids is 1. The Morgan fingerprint density at radius 2 is 1.80 bits per heavy atom. The van der Waals surface area contributed by atoms with Gasteiger partial charge >= 0.3 is 0 Å². The summed E-state index contributed by atoms with van der Waals surface area (Å²) < 4.78 is 11.2. The van der Waals surface area contributed by atoms with Gasteiger partial charge in [0.2, 0.25) is 0 Å². The van der Waals surface area contributed by atoms with E-state index in [0.717, 1.165) is 30.9 Å². The fraction of sp³-hybridized carbons (Fsp3) is 0.333. The molecule has 1 aliphatic rings. The van der Waals surface area contributed by atoms with Gasteiger partial charge in [0.15, 0.2) is 5.69 Å². The lowest BCUT2D eigenvalue weighted by atomic mass is 10.1. The third-order valence-electron chi connectivity index (χ3n) is 5.47. The molecule has 0 atom stereocenters. The van der Waals surface area contributed by atoms with Crippen molar-refractivity contribution in [2.24, 2.45) is 0 Å². The monoisotopic (exact) mass is 405 g/mol. The summed E-state index contributed by atoms with van der Waals surface area (Å²) in [5.41, 5.74) is 3.49. The smallest absolute Gasteiger partial charge is 0.276 e. The van der Waals surface area contributed by atoms with Gasteiger partial charge in [-0.2, -0.15) is 0 Å². The van der Waals surface area contributed by atoms with Crippen LogP contribution >= 0.6 is 0 Å². The molecule has 1 saturated heterocycles. The van der Waals surface area contributed by atoms with E-state index in [9.17, 15) is 4.79 Å². The lowest BCUT2D eigenvalue weighted by Crippen LogP contribution is -2.48. The van der Waals surface area contributed by atoms with E-state index >= 15 is 0 Å². The maximum absolute atomic E-state index is 13.1. The number of piperazine rings is 1. The Morgan fingerprint density at radius 1 is 1.03 bits per heavy atom. The molecule has 0 bridgehead atoms. The molecule has 3 aromatic rings. The number of benzene rings is 2. The number of amides is 1. The first kappa shape index (κ1) is 20.2. The molecule has 30 heavy (non-hydrogen) atoms. The van der Waals surface area contributed by atoms with Crippen LogP contribution in [0.4, 0.5) is 0 Å². The Balaban J connectivity index is 1.37. The van der Waals surface area contributed by atoms with Crippen LogP contribution in [0.25, 0.3) is 0 Å². The molecule has 4 rings (SSSR count). The van der Waals surface area contributed by atoms with E-state index in [4.69, 9.17) is 9.26 Å². The fourth-order valence-electron chi connectivity index (χ4n) is 3.69. The Labute approximate surface area is 177 Å². The third kappa shape index (κ3) is 4.71. The van der Waals surface area contributed by atoms with Crippen molar-refractivity contribution >= 4 is 5.91 Å². The van der Waals surface area contributed by atoms with Crippen LogP contribution in [0.15, 0.2) is 59.1 Å². The van der Waals surface area contributed by atoms with Crippen molar-refractivity contribution in [2.45, 2.75) is 27.0 Å². The number of ether oxygens (including phenoxy) is 1. The predicted octanol–water partition coefficient (Wildman–Crippen LogP) is 3.83. The third-order valence-corrected chi connectivity index (χ3v) is 5.47. The molecule has 0 saturated carbocycles. The summed E-state index contributed by atoms with van der Waals surface area (Å²) in [7, 11) is 0. The first-order valence-electron chi connectivity index (χ1n) is 10.3. The lowest BCUT2D eigenvalue weighted by molar-refractivity contribution is 0.0616. The van der Waals surface area contributed by atoms with E-state index < -0.39 is 0 Å². The van der Waals surface area contributed by atoms with Crippen molar-refractivity contribution < 1.29 is 14.1 Å². The highest BCUT2D eigenvalue weighted by atomic mass is 16.5. The van der Waals surface area contributed by atoms with Crippen LogP contribution in [0.3, 0.4) is 0 Å². The van der Waals surface area contributed by atoms with E-state index in [0.29, 0.717) is 30.1 Å². The first-order chi connectivity index (χ1) is 14.6. The van der Waals surface area contributed by atoms with Crippen LogP contribution < -0.4 is 4.74 Å². The van der Waals surface area contributed by atoms with Crippen LogP contribution in [0.5, 0.6) is 5.75 Å². The van der Waals surface area contributed by atoms with Crippen molar-refractivity contribution in [1.82, 2.24) is 15.0 Å². The van der Waals surface area contributed by atoms with Gasteiger partial charge in [0.05, 0.1) is 5.56 Å². The van der Waals surface area contributed by atoms with Gasteiger partial charge in [-0.25, -0.2) is 0 Å². The maximum atomic E-state index is 13.1. The molecule has 2 aromatic carbocycles. The topological polar surface area (TPSA) is 58.8 Å². The number of aromatic nitrogens is 1. The second kappa shape index (κ2) is 9.13. The first-order valence-corrected chi connectivity index (χ1v) is 10.3. The minimum absolute atomic E-state index is 0.0888. The number of hydrogen-bond donors (Lipinski definition) is 0. The van der Waals surface area contributed by atoms with Gasteiger partial charge in [-0.15, -0.1) is 0 Å². The molecule has 1 amide bonds. The Hall–Kier alpha value is -3.12. The second-order valence-electron chi connectivity index (χ2n) is 7.73. The highest BCUT2D eigenvalue weighted by Gasteiger charge is 2.28. The standard InChI is InChI=1S/C24H27N3O3/c1-18-7-6-10-21(15-18)29-17-22-19(2)30-25-23(22)24(28)27-13-11-26(12-14-27)16-20-8-4-3-5-9-20/h3-10,15H,11-14,16-17H2,1-2H3. The van der Waals surface area contributed by atoms with Crippen molar-refractivity contribution in [3.05, 3.63) is 82.7 Å². The molecule has 6 heteroatoms. The van der Waals surface area contributed by atoms with E-state index in [1.54, 1.807) is 0 Å². The Kier molecular flexibility index (Phi) is 6.14. The molecule has 1 aliphatic heterocycles. The highest BCUT2D eigenvalue weighted by Crippen LogP contribution is 2.21. The summed E-state index contributed by atoms with van der Waals surface area (Å²) in [4.78, 5) is 17.3. The van der Waals surface area contributed by atoms with Crippen molar-refractivity contribution in [3.63, 3.8) is 0 Å². The summed E-state index contributed by atoms with van der Waals surface area (Å²) in [6.45, 7) is 8.03. The molecule has 0 aliphatic carbocycles. The van der Waals surface area contributed by atoms with Crippen molar-refractivity contribution in [1.29, 1.82) is 0 Å². The van der Waals surface area contributed by atoms with E-state index in [2.05, 4.69) is 34.3 Å². The number of carbonyl (C=O) groups is 1. The number of nitrogens with zero attached hydrogens (tertiary/aromatic N) is 3. The van der Waals surface area contributed by atoms with Crippen molar-refractivity contribution in [3.8, 4) is 5.75 Å². The zero-order valence-corrected chi connectivity index (χ0v) is 17.5. The molecule has 156 valence electrons. The average Bonchev–Trinajstić information content (AvgIpc) is 3.13. The lowest BCUT2D eigenvalue weighted by Gasteiger charge is -2.34. The quantitative estimate of drug-likeness (QED) is 0.624. The van der Waals surface area contributed by atoms with Crippen LogP contribution in [0.1, 0.15) is 32.9 Å². The SMILES string of the molecule is Cc1cccc(OCc2c(C(=O)N3CCN(Cc4ccccc4)CC3)noc2C)c1. The molecule has 1 fully saturated rings. The van der Waals surface area contributed by atoms with Gasteiger partial charge in [0.1, 0.15) is 18.1 Å². The molecular weight excluding hydrogens is 378 g/mol. The van der Waals surface area contributed by atoms with Gasteiger partial charge < -0.3 is 14.2 Å². The molecule has 0 unspecified atom stereocenters. The molecular formula is C24H27N3O3. The minimum Gasteiger partial charge on any atom is -0.489 e. The van der Waals surface area contributed by atoms with Crippen LogP contribution in [0.2, 0.25) is 0 Å². The van der Waals surface area contributed by atoms with E-state index in [1.807, 2.05) is 49.1 Å². The zero-order chi connectivity index (χ0) is 20.9. The summed E-state index contributed by atoms with van der Waals surface area (Å²) >= 11 is 0. The molecule has 2 heterocycles. The maximum Gasteiger partial charge on any atom is 0.276 e. The minimum atomic E-state index is -0.0888. The largest absolute Gasteiger partial charge is 0.489 e. The normalized spacial score (nSPS) is 14.7. The number of rotatable bonds is 6. The number of aryl methyl sites for hydroxylation is 2. The summed E-state index contributed by atoms with van der Waals surface area (Å²) in [5.74, 6) is 1.30. The molecule has 0 radical (unpaired) electrons. The summed E-state index contributed by atoms with van der Waals surface area (Å²) in [6, 6.07) is 18.3. The molecule has 0 N–H and O–H groups in total. The Bertz CT molecular complexity index is 992. The summed E-state index contributed by atoms with van der Waals surface area (Å²) in [6.07, 6.45) is 0. The van der Waals surface area contributed by atoms with Crippen molar-refractivity contribution in [2.75, 3.05) is 26.2 Å². The van der Waals surface area contributed by atoms with E-state index in [-0.39, 0.29) is 12.5 Å². The van der Waals surface area contributed by atoms with Gasteiger partial charge in [0.25, 0.3) is 5.91 Å². The van der Waals surface area contributed by atoms with Gasteiger partial charge in [-0.3, -0.25) is 9.69 Å². The van der Waals surface area contributed by atoms with Crippen LogP contribution in [-0.4, -0.2) is 47.0 Å². The molecule has 0 spiro atoms. The number of hydrogen-bond acceptors (Lipinski definition) is 5. The summed E-state index contributed by atoms with van der Waals surface area (Å²) in [5, 5.41) is 4.05. The van der Waals surface area contributed by atoms with Gasteiger partial charge in [0, 0.05) is 32.7 Å². The van der Waals surface area contributed by atoms with Gasteiger partial charge in [-0.05, 0) is 37.1 Å². The van der Waals surface area contributed by atoms with Crippen LogP contribution in [0, 0.1) is 13.8 Å². The average molecular weight is 405 g/mol. The van der Waals surface area contributed by atoms with E-state index in [1.165, 1.54) is 5.56 Å². The fourth-order valence-corrected chi connectivity index (χ4v) is 3.69. The molecule has 6 nitrogen and oxygen atoms in total. The predicted molar refractivity (Wildman–Crippen MR) is 114 cm³/mol. The van der Waals surface area contributed by atoms with Crippen LogP contribution in [-0.2, 0) is 13.2 Å². The molecule has 1 aromatic heterocycles. The zero-order valence-electron chi connectivity index (χ0n) is 17.5.